The van der Waals surface area contributed by atoms with Gasteiger partial charge >= 0.3 is 5.97 Å². The quantitative estimate of drug-likeness (QED) is 0.0588. The smallest absolute Gasteiger partial charge is 0.305 e. The van der Waals surface area contributed by atoms with Crippen molar-refractivity contribution in [2.45, 2.75) is 226 Å². The minimum Gasteiger partial charge on any atom is -0.466 e. The van der Waals surface area contributed by atoms with E-state index >= 15 is 0 Å². The highest BCUT2D eigenvalue weighted by Crippen LogP contribution is 2.16. The molecule has 0 saturated heterocycles. The van der Waals surface area contributed by atoms with Gasteiger partial charge in [0.05, 0.1) is 6.61 Å². The first-order chi connectivity index (χ1) is 19.3. The summed E-state index contributed by atoms with van der Waals surface area (Å²) in [5.74, 6) is 0.0248. The van der Waals surface area contributed by atoms with Crippen LogP contribution in [0.3, 0.4) is 0 Å². The van der Waals surface area contributed by atoms with Crippen LogP contribution in [-0.2, 0) is 9.53 Å². The molecule has 0 spiro atoms. The van der Waals surface area contributed by atoms with Crippen LogP contribution in [0.4, 0.5) is 0 Å². The van der Waals surface area contributed by atoms with Gasteiger partial charge in [0.25, 0.3) is 0 Å². The molecule has 2 heteroatoms. The summed E-state index contributed by atoms with van der Waals surface area (Å²) in [6.45, 7) is 5.20. The van der Waals surface area contributed by atoms with Gasteiger partial charge < -0.3 is 4.74 Å². The molecule has 0 heterocycles. The fraction of sp³-hybridized carbons (Fsp3) is 0.973. The number of esters is 1. The molecule has 0 radical (unpaired) electrons. The van der Waals surface area contributed by atoms with Crippen LogP contribution in [0, 0.1) is 0 Å². The zero-order valence-electron chi connectivity index (χ0n) is 27.4. The molecule has 0 bridgehead atoms. The van der Waals surface area contributed by atoms with Crippen molar-refractivity contribution < 1.29 is 9.53 Å². The average molecular weight is 551 g/mol. The van der Waals surface area contributed by atoms with Crippen LogP contribution in [0.15, 0.2) is 0 Å². The zero-order chi connectivity index (χ0) is 28.3. The van der Waals surface area contributed by atoms with Crippen LogP contribution >= 0.6 is 0 Å². The standard InChI is InChI=1S/C37H74O2/c1-3-5-7-9-11-13-14-15-16-17-18-19-20-21-22-23-24-25-26-28-30-32-34-36-39-37(38)35-33-31-29-27-12-10-8-6-4-2/h3-36H2,1-2H3. The fourth-order valence-electron chi connectivity index (χ4n) is 5.73. The molecule has 2 nitrogen and oxygen atoms in total. The molecule has 0 atom stereocenters. The molecule has 0 rings (SSSR count). The van der Waals surface area contributed by atoms with Crippen LogP contribution in [0.25, 0.3) is 0 Å². The van der Waals surface area contributed by atoms with Gasteiger partial charge in [-0.15, -0.1) is 0 Å². The van der Waals surface area contributed by atoms with Crippen molar-refractivity contribution >= 4 is 5.97 Å². The summed E-state index contributed by atoms with van der Waals surface area (Å²) in [5.41, 5.74) is 0. The second-order valence-corrected chi connectivity index (χ2v) is 12.6. The third-order valence-corrected chi connectivity index (χ3v) is 8.50. The highest BCUT2D eigenvalue weighted by atomic mass is 16.5. The molecular weight excluding hydrogens is 476 g/mol. The van der Waals surface area contributed by atoms with E-state index in [1.165, 1.54) is 193 Å². The van der Waals surface area contributed by atoms with E-state index in [-0.39, 0.29) is 5.97 Å². The van der Waals surface area contributed by atoms with E-state index in [1.807, 2.05) is 0 Å². The van der Waals surface area contributed by atoms with E-state index in [4.69, 9.17) is 4.74 Å². The van der Waals surface area contributed by atoms with E-state index in [0.717, 1.165) is 12.8 Å². The highest BCUT2D eigenvalue weighted by Gasteiger charge is 2.03. The number of carbonyl (C=O) groups is 1. The number of hydrogen-bond donors (Lipinski definition) is 0. The van der Waals surface area contributed by atoms with Crippen LogP contribution in [0.1, 0.15) is 226 Å². The molecule has 0 fully saturated rings. The molecule has 0 aromatic heterocycles. The van der Waals surface area contributed by atoms with Gasteiger partial charge in [0.2, 0.25) is 0 Å². The Morgan fingerprint density at radius 3 is 0.846 bits per heavy atom. The lowest BCUT2D eigenvalue weighted by molar-refractivity contribution is -0.143. The molecule has 0 saturated carbocycles. The summed E-state index contributed by atoms with van der Waals surface area (Å²) in [7, 11) is 0. The van der Waals surface area contributed by atoms with Crippen LogP contribution in [0.2, 0.25) is 0 Å². The lowest BCUT2D eigenvalue weighted by Crippen LogP contribution is -2.05. The minimum absolute atomic E-state index is 0.0248. The van der Waals surface area contributed by atoms with E-state index in [9.17, 15) is 4.79 Å². The summed E-state index contributed by atoms with van der Waals surface area (Å²) < 4.78 is 5.42. The molecule has 0 aromatic rings. The van der Waals surface area contributed by atoms with Crippen molar-refractivity contribution in [3.05, 3.63) is 0 Å². The van der Waals surface area contributed by atoms with Gasteiger partial charge in [-0.3, -0.25) is 4.79 Å². The van der Waals surface area contributed by atoms with Gasteiger partial charge in [0.1, 0.15) is 0 Å². The van der Waals surface area contributed by atoms with Gasteiger partial charge in [-0.2, -0.15) is 0 Å². The largest absolute Gasteiger partial charge is 0.466 e. The summed E-state index contributed by atoms with van der Waals surface area (Å²) >= 11 is 0. The fourth-order valence-corrected chi connectivity index (χ4v) is 5.73. The molecular formula is C37H74O2. The summed E-state index contributed by atoms with van der Waals surface area (Å²) in [4.78, 5) is 11.9. The number of rotatable bonds is 34. The Labute approximate surface area is 247 Å². The SMILES string of the molecule is CCCCCCCCCCCCCCCCCCCCCCCCCOC(=O)CCCCCCCCCCC. The predicted octanol–water partition coefficient (Wildman–Crippen LogP) is 13.4. The van der Waals surface area contributed by atoms with Gasteiger partial charge in [-0.25, -0.2) is 0 Å². The van der Waals surface area contributed by atoms with Gasteiger partial charge in [0, 0.05) is 6.42 Å². The molecule has 0 N–H and O–H groups in total. The third-order valence-electron chi connectivity index (χ3n) is 8.50. The summed E-state index contributed by atoms with van der Waals surface area (Å²) in [6, 6.07) is 0. The lowest BCUT2D eigenvalue weighted by atomic mass is 10.0. The first-order valence-corrected chi connectivity index (χ1v) is 18.5. The number of hydrogen-bond acceptors (Lipinski definition) is 2. The number of carbonyl (C=O) groups excluding carboxylic acids is 1. The number of unbranched alkanes of at least 4 members (excludes halogenated alkanes) is 30. The summed E-state index contributed by atoms with van der Waals surface area (Å²) in [5, 5.41) is 0. The van der Waals surface area contributed by atoms with Crippen LogP contribution in [0.5, 0.6) is 0 Å². The number of ether oxygens (including phenoxy) is 1. The third kappa shape index (κ3) is 35.4. The molecule has 0 aliphatic carbocycles. The first-order valence-electron chi connectivity index (χ1n) is 18.5. The van der Waals surface area contributed by atoms with Crippen molar-refractivity contribution in [3.63, 3.8) is 0 Å². The Kier molecular flexibility index (Phi) is 35.0. The van der Waals surface area contributed by atoms with Crippen molar-refractivity contribution in [1.29, 1.82) is 0 Å². The Hall–Kier alpha value is -0.530. The first kappa shape index (κ1) is 38.5. The van der Waals surface area contributed by atoms with Crippen molar-refractivity contribution in [1.82, 2.24) is 0 Å². The Balaban J connectivity index is 3.11. The Morgan fingerprint density at radius 2 is 0.564 bits per heavy atom. The molecule has 234 valence electrons. The second kappa shape index (κ2) is 35.5. The van der Waals surface area contributed by atoms with Gasteiger partial charge in [-0.1, -0.05) is 206 Å². The summed E-state index contributed by atoms with van der Waals surface area (Å²) in [6.07, 6.45) is 44.7. The topological polar surface area (TPSA) is 26.3 Å². The van der Waals surface area contributed by atoms with E-state index in [1.54, 1.807) is 0 Å². The normalized spacial score (nSPS) is 11.3. The Bertz CT molecular complexity index is 447. The zero-order valence-corrected chi connectivity index (χ0v) is 27.4. The maximum Gasteiger partial charge on any atom is 0.305 e. The van der Waals surface area contributed by atoms with E-state index in [0.29, 0.717) is 13.0 Å². The van der Waals surface area contributed by atoms with Crippen LogP contribution < -0.4 is 0 Å². The van der Waals surface area contributed by atoms with Gasteiger partial charge in [0.15, 0.2) is 0 Å². The highest BCUT2D eigenvalue weighted by molar-refractivity contribution is 5.69. The molecule has 39 heavy (non-hydrogen) atoms. The van der Waals surface area contributed by atoms with E-state index in [2.05, 4.69) is 13.8 Å². The van der Waals surface area contributed by atoms with Crippen LogP contribution in [-0.4, -0.2) is 12.6 Å². The molecule has 0 unspecified atom stereocenters. The second-order valence-electron chi connectivity index (χ2n) is 12.6. The minimum atomic E-state index is 0.0248. The van der Waals surface area contributed by atoms with Gasteiger partial charge in [-0.05, 0) is 12.8 Å². The molecule has 0 aliphatic rings. The maximum atomic E-state index is 11.9. The predicted molar refractivity (Wildman–Crippen MR) is 175 cm³/mol. The Morgan fingerprint density at radius 1 is 0.333 bits per heavy atom. The van der Waals surface area contributed by atoms with E-state index < -0.39 is 0 Å². The monoisotopic (exact) mass is 551 g/mol. The maximum absolute atomic E-state index is 11.9. The van der Waals surface area contributed by atoms with Crippen molar-refractivity contribution in [2.75, 3.05) is 6.61 Å². The average Bonchev–Trinajstić information content (AvgIpc) is 2.94. The molecule has 0 aromatic carbocycles. The van der Waals surface area contributed by atoms with Crippen molar-refractivity contribution in [3.8, 4) is 0 Å². The molecule has 0 aliphatic heterocycles. The lowest BCUT2D eigenvalue weighted by Gasteiger charge is -2.06. The molecule has 0 amide bonds. The van der Waals surface area contributed by atoms with Crippen molar-refractivity contribution in [2.24, 2.45) is 0 Å².